The number of aromatic amines is 1. The number of rotatable bonds is 4. The summed E-state index contributed by atoms with van der Waals surface area (Å²) in [5.41, 5.74) is 0. The summed E-state index contributed by atoms with van der Waals surface area (Å²) < 4.78 is 4.99. The van der Waals surface area contributed by atoms with Crippen LogP contribution in [-0.2, 0) is 5.75 Å². The summed E-state index contributed by atoms with van der Waals surface area (Å²) in [5.74, 6) is 1.47. The summed E-state index contributed by atoms with van der Waals surface area (Å²) >= 11 is 1.35. The van der Waals surface area contributed by atoms with Crippen LogP contribution in [-0.4, -0.2) is 20.1 Å². The second-order valence-corrected chi connectivity index (χ2v) is 3.93. The van der Waals surface area contributed by atoms with Crippen molar-refractivity contribution in [1.29, 1.82) is 0 Å². The third kappa shape index (κ3) is 2.40. The van der Waals surface area contributed by atoms with E-state index in [2.05, 4.69) is 15.2 Å². The maximum absolute atomic E-state index is 10.4. The highest BCUT2D eigenvalue weighted by atomic mass is 32.2. The lowest BCUT2D eigenvalue weighted by atomic mass is 10.5. The van der Waals surface area contributed by atoms with Crippen molar-refractivity contribution in [3.8, 4) is 0 Å². The van der Waals surface area contributed by atoms with Gasteiger partial charge in [0, 0.05) is 0 Å². The van der Waals surface area contributed by atoms with Gasteiger partial charge >= 0.3 is 5.88 Å². The van der Waals surface area contributed by atoms with Crippen LogP contribution in [0.15, 0.2) is 21.7 Å². The van der Waals surface area contributed by atoms with Gasteiger partial charge in [0.1, 0.15) is 16.5 Å². The molecule has 2 heterocycles. The Kier molecular flexibility index (Phi) is 2.91. The van der Waals surface area contributed by atoms with Gasteiger partial charge in [-0.15, -0.1) is 5.10 Å². The fourth-order valence-electron chi connectivity index (χ4n) is 1.06. The predicted molar refractivity (Wildman–Crippen MR) is 56.0 cm³/mol. The molecule has 0 aliphatic carbocycles. The van der Waals surface area contributed by atoms with Gasteiger partial charge < -0.3 is 4.42 Å². The van der Waals surface area contributed by atoms with Gasteiger partial charge in [0.05, 0.1) is 11.8 Å². The lowest BCUT2D eigenvalue weighted by Gasteiger charge is -1.91. The Bertz CT molecular complexity index is 507. The van der Waals surface area contributed by atoms with Crippen molar-refractivity contribution in [2.45, 2.75) is 17.8 Å². The lowest BCUT2D eigenvalue weighted by Crippen LogP contribution is -1.83. The van der Waals surface area contributed by atoms with Gasteiger partial charge in [0.2, 0.25) is 5.16 Å². The van der Waals surface area contributed by atoms with Crippen LogP contribution in [0.4, 0.5) is 5.88 Å². The van der Waals surface area contributed by atoms with Gasteiger partial charge in [-0.3, -0.25) is 15.2 Å². The molecule has 0 radical (unpaired) electrons. The van der Waals surface area contributed by atoms with Crippen LogP contribution in [0.25, 0.3) is 0 Å². The maximum Gasteiger partial charge on any atom is 0.433 e. The monoisotopic (exact) mass is 240 g/mol. The van der Waals surface area contributed by atoms with E-state index >= 15 is 0 Å². The highest BCUT2D eigenvalue weighted by molar-refractivity contribution is 7.98. The molecule has 2 aromatic rings. The number of nitrogens with one attached hydrogen (secondary N) is 1. The Morgan fingerprint density at radius 3 is 3.00 bits per heavy atom. The van der Waals surface area contributed by atoms with Gasteiger partial charge in [-0.2, -0.15) is 0 Å². The van der Waals surface area contributed by atoms with Crippen LogP contribution in [0.2, 0.25) is 0 Å². The summed E-state index contributed by atoms with van der Waals surface area (Å²) in [7, 11) is 0. The number of aryl methyl sites for hydroxylation is 1. The van der Waals surface area contributed by atoms with E-state index in [1.165, 1.54) is 17.8 Å². The molecular weight excluding hydrogens is 232 g/mol. The van der Waals surface area contributed by atoms with Crippen molar-refractivity contribution in [3.05, 3.63) is 33.8 Å². The van der Waals surface area contributed by atoms with Crippen LogP contribution in [0.5, 0.6) is 0 Å². The van der Waals surface area contributed by atoms with Gasteiger partial charge in [0.15, 0.2) is 0 Å². The maximum atomic E-state index is 10.4. The molecule has 8 heteroatoms. The first-order chi connectivity index (χ1) is 7.65. The molecule has 0 fully saturated rings. The standard InChI is InChI=1S/C8H8N4O3S/c1-5-9-8(11-10-5)16-4-6-2-3-7(15-6)12(13)14/h2-3H,4H2,1H3,(H,9,10,11). The first-order valence-corrected chi connectivity index (χ1v) is 5.38. The van der Waals surface area contributed by atoms with E-state index in [9.17, 15) is 10.1 Å². The number of thioether (sulfide) groups is 1. The summed E-state index contributed by atoms with van der Waals surface area (Å²) in [4.78, 5) is 13.9. The Hall–Kier alpha value is -1.83. The highest BCUT2D eigenvalue weighted by Gasteiger charge is 2.12. The Balaban J connectivity index is 1.97. The van der Waals surface area contributed by atoms with Crippen molar-refractivity contribution < 1.29 is 9.34 Å². The van der Waals surface area contributed by atoms with Gasteiger partial charge in [-0.25, -0.2) is 4.98 Å². The van der Waals surface area contributed by atoms with E-state index in [0.29, 0.717) is 16.7 Å². The van der Waals surface area contributed by atoms with Crippen molar-refractivity contribution in [3.63, 3.8) is 0 Å². The summed E-state index contributed by atoms with van der Waals surface area (Å²) in [6, 6.07) is 2.91. The molecule has 2 rings (SSSR count). The SMILES string of the molecule is Cc1nc(SCc2ccc([N+](=O)[O-])o2)n[nH]1. The minimum absolute atomic E-state index is 0.248. The number of nitro groups is 1. The largest absolute Gasteiger partial charge is 0.433 e. The van der Waals surface area contributed by atoms with Crippen LogP contribution < -0.4 is 0 Å². The number of aromatic nitrogens is 3. The average Bonchev–Trinajstić information content (AvgIpc) is 2.83. The van der Waals surface area contributed by atoms with Crippen molar-refractivity contribution in [2.75, 3.05) is 0 Å². The van der Waals surface area contributed by atoms with E-state index < -0.39 is 4.92 Å². The molecule has 0 unspecified atom stereocenters. The molecule has 0 aromatic carbocycles. The lowest BCUT2D eigenvalue weighted by molar-refractivity contribution is -0.402. The van der Waals surface area contributed by atoms with Gasteiger partial charge in [0.25, 0.3) is 0 Å². The van der Waals surface area contributed by atoms with E-state index in [1.54, 1.807) is 13.0 Å². The van der Waals surface area contributed by atoms with E-state index in [0.717, 1.165) is 5.82 Å². The molecule has 16 heavy (non-hydrogen) atoms. The Morgan fingerprint density at radius 1 is 1.62 bits per heavy atom. The van der Waals surface area contributed by atoms with Crippen molar-refractivity contribution in [1.82, 2.24) is 15.2 Å². The van der Waals surface area contributed by atoms with Gasteiger partial charge in [-0.1, -0.05) is 11.8 Å². The first kappa shape index (κ1) is 10.7. The molecule has 0 amide bonds. The molecule has 0 saturated carbocycles. The topological polar surface area (TPSA) is 97.8 Å². The molecule has 0 bridgehead atoms. The second-order valence-electron chi connectivity index (χ2n) is 2.99. The molecule has 0 atom stereocenters. The van der Waals surface area contributed by atoms with E-state index in [1.807, 2.05) is 0 Å². The summed E-state index contributed by atoms with van der Waals surface area (Å²) in [6.07, 6.45) is 0. The predicted octanol–water partition coefficient (Wildman–Crippen LogP) is 1.91. The number of hydrogen-bond donors (Lipinski definition) is 1. The average molecular weight is 240 g/mol. The Morgan fingerprint density at radius 2 is 2.44 bits per heavy atom. The first-order valence-electron chi connectivity index (χ1n) is 4.40. The molecule has 0 saturated heterocycles. The second kappa shape index (κ2) is 4.35. The zero-order valence-corrected chi connectivity index (χ0v) is 9.15. The number of hydrogen-bond acceptors (Lipinski definition) is 6. The normalized spacial score (nSPS) is 10.6. The van der Waals surface area contributed by atoms with Crippen molar-refractivity contribution >= 4 is 17.6 Å². The minimum atomic E-state index is -0.564. The van der Waals surface area contributed by atoms with E-state index in [-0.39, 0.29) is 5.88 Å². The minimum Gasteiger partial charge on any atom is -0.405 e. The molecule has 0 spiro atoms. The molecule has 2 aromatic heterocycles. The van der Waals surface area contributed by atoms with Crippen LogP contribution in [0.3, 0.4) is 0 Å². The zero-order valence-electron chi connectivity index (χ0n) is 8.34. The fourth-order valence-corrected chi connectivity index (χ4v) is 1.80. The van der Waals surface area contributed by atoms with E-state index in [4.69, 9.17) is 4.42 Å². The number of nitrogens with zero attached hydrogens (tertiary/aromatic N) is 3. The smallest absolute Gasteiger partial charge is 0.405 e. The molecular formula is C8H8N4O3S. The van der Waals surface area contributed by atoms with Crippen LogP contribution in [0, 0.1) is 17.0 Å². The number of H-pyrrole nitrogens is 1. The zero-order chi connectivity index (χ0) is 11.5. The molecule has 84 valence electrons. The highest BCUT2D eigenvalue weighted by Crippen LogP contribution is 2.23. The summed E-state index contributed by atoms with van der Waals surface area (Å²) in [5, 5.41) is 17.6. The third-order valence-electron chi connectivity index (χ3n) is 1.75. The van der Waals surface area contributed by atoms with Crippen LogP contribution >= 0.6 is 11.8 Å². The third-order valence-corrected chi connectivity index (χ3v) is 2.62. The van der Waals surface area contributed by atoms with Crippen molar-refractivity contribution in [2.24, 2.45) is 0 Å². The molecule has 0 aliphatic heterocycles. The Labute approximate surface area is 94.4 Å². The van der Waals surface area contributed by atoms with Gasteiger partial charge in [-0.05, 0) is 13.0 Å². The summed E-state index contributed by atoms with van der Waals surface area (Å²) in [6.45, 7) is 1.80. The molecule has 1 N–H and O–H groups in total. The quantitative estimate of drug-likeness (QED) is 0.498. The molecule has 7 nitrogen and oxygen atoms in total. The molecule has 0 aliphatic rings. The van der Waals surface area contributed by atoms with Crippen LogP contribution in [0.1, 0.15) is 11.6 Å². The fraction of sp³-hybridized carbons (Fsp3) is 0.250. The number of furan rings is 1.